The second-order valence-corrected chi connectivity index (χ2v) is 5.81. The zero-order valence-electron chi connectivity index (χ0n) is 13.8. The van der Waals surface area contributed by atoms with Crippen molar-refractivity contribution in [1.82, 2.24) is 15.3 Å². The quantitative estimate of drug-likeness (QED) is 0.459. The summed E-state index contributed by atoms with van der Waals surface area (Å²) in [4.78, 5) is 0. The first-order chi connectivity index (χ1) is 11.7. The fourth-order valence-electron chi connectivity index (χ4n) is 2.44. The first kappa shape index (κ1) is 17.9. The van der Waals surface area contributed by atoms with Gasteiger partial charge in [0.1, 0.15) is 0 Å². The van der Waals surface area contributed by atoms with Crippen LogP contribution in [0.3, 0.4) is 0 Å². The molecule has 0 radical (unpaired) electrons. The largest absolute Gasteiger partial charge is 0.383 e. The van der Waals surface area contributed by atoms with Crippen LogP contribution in [-0.4, -0.2) is 35.7 Å². The minimum Gasteiger partial charge on any atom is -0.383 e. The number of aromatic nitrogens is 1. The molecule has 0 fully saturated rings. The van der Waals surface area contributed by atoms with E-state index in [1.807, 2.05) is 37.4 Å². The summed E-state index contributed by atoms with van der Waals surface area (Å²) in [7, 11) is 1.65. The third-order valence-electron chi connectivity index (χ3n) is 3.45. The number of thiocarbonyl (C=S) groups is 1. The normalized spacial score (nSPS) is 12.2. The van der Waals surface area contributed by atoms with Crippen LogP contribution in [0.25, 0.3) is 10.9 Å². The number of hydrazone groups is 1. The van der Waals surface area contributed by atoms with Gasteiger partial charge in [-0.1, -0.05) is 18.2 Å². The molecule has 2 rings (SSSR count). The first-order valence-corrected chi connectivity index (χ1v) is 8.10. The average Bonchev–Trinajstić information content (AvgIpc) is 2.91. The standard InChI is InChI=1S/C17H21N5OS/c1-13(12-23-2)20-17(24)21-19-10-14-11-22(9-5-8-18)16-7-4-3-6-15(14)16/h3-4,6-7,10-11,13H,5,9,12H2,1-2H3,(H2,20,21,24)/b19-10-/t13-/m0/s1. The molecule has 0 unspecified atom stereocenters. The molecule has 24 heavy (non-hydrogen) atoms. The molecular weight excluding hydrogens is 322 g/mol. The Morgan fingerprint density at radius 3 is 3.04 bits per heavy atom. The van der Waals surface area contributed by atoms with Crippen molar-refractivity contribution >= 4 is 34.4 Å². The summed E-state index contributed by atoms with van der Waals surface area (Å²) in [6.07, 6.45) is 4.20. The fourth-order valence-corrected chi connectivity index (χ4v) is 2.70. The van der Waals surface area contributed by atoms with Gasteiger partial charge in [-0.15, -0.1) is 0 Å². The highest BCUT2D eigenvalue weighted by molar-refractivity contribution is 7.80. The van der Waals surface area contributed by atoms with E-state index in [2.05, 4.69) is 26.5 Å². The molecule has 126 valence electrons. The lowest BCUT2D eigenvalue weighted by Crippen LogP contribution is -2.40. The maximum Gasteiger partial charge on any atom is 0.187 e. The second kappa shape index (κ2) is 9.01. The highest BCUT2D eigenvalue weighted by Crippen LogP contribution is 2.20. The molecule has 0 saturated heterocycles. The van der Waals surface area contributed by atoms with Gasteiger partial charge in [0.25, 0.3) is 0 Å². The Hall–Kier alpha value is -2.43. The number of fused-ring (bicyclic) bond motifs is 1. The van der Waals surface area contributed by atoms with Crippen molar-refractivity contribution in [2.24, 2.45) is 5.10 Å². The van der Waals surface area contributed by atoms with Crippen LogP contribution in [0.4, 0.5) is 0 Å². The van der Waals surface area contributed by atoms with Crippen LogP contribution in [0.5, 0.6) is 0 Å². The third kappa shape index (κ3) is 4.78. The van der Waals surface area contributed by atoms with Gasteiger partial charge >= 0.3 is 0 Å². The summed E-state index contributed by atoms with van der Waals surface area (Å²) >= 11 is 5.19. The fraction of sp³-hybridized carbons (Fsp3) is 0.353. The van der Waals surface area contributed by atoms with Gasteiger partial charge in [-0.25, -0.2) is 0 Å². The zero-order valence-corrected chi connectivity index (χ0v) is 14.6. The maximum atomic E-state index is 8.79. The summed E-state index contributed by atoms with van der Waals surface area (Å²) in [6.45, 7) is 3.20. The summed E-state index contributed by atoms with van der Waals surface area (Å²) in [5.74, 6) is 0. The molecule has 2 aromatic rings. The van der Waals surface area contributed by atoms with E-state index in [-0.39, 0.29) is 6.04 Å². The number of benzene rings is 1. The number of nitrogens with one attached hydrogen (secondary N) is 2. The Morgan fingerprint density at radius 2 is 2.29 bits per heavy atom. The highest BCUT2D eigenvalue weighted by atomic mass is 32.1. The molecule has 1 aromatic carbocycles. The van der Waals surface area contributed by atoms with Crippen molar-refractivity contribution in [3.8, 4) is 6.07 Å². The Bertz CT molecular complexity index is 762. The predicted molar refractivity (Wildman–Crippen MR) is 100.0 cm³/mol. The van der Waals surface area contributed by atoms with Crippen molar-refractivity contribution in [2.45, 2.75) is 25.9 Å². The van der Waals surface area contributed by atoms with E-state index in [0.717, 1.165) is 16.5 Å². The molecule has 0 saturated carbocycles. The average molecular weight is 343 g/mol. The van der Waals surface area contributed by atoms with E-state index < -0.39 is 0 Å². The van der Waals surface area contributed by atoms with Crippen molar-refractivity contribution in [1.29, 1.82) is 5.26 Å². The van der Waals surface area contributed by atoms with Crippen molar-refractivity contribution in [3.63, 3.8) is 0 Å². The molecule has 0 aliphatic carbocycles. The molecular formula is C17H21N5OS. The molecule has 1 heterocycles. The molecule has 0 bridgehead atoms. The number of methoxy groups -OCH3 is 1. The number of para-hydroxylation sites is 1. The molecule has 0 aliphatic rings. The van der Waals surface area contributed by atoms with Gasteiger partial charge in [-0.05, 0) is 25.2 Å². The molecule has 0 amide bonds. The third-order valence-corrected chi connectivity index (χ3v) is 3.66. The highest BCUT2D eigenvalue weighted by Gasteiger charge is 2.06. The number of nitriles is 1. The molecule has 0 aliphatic heterocycles. The summed E-state index contributed by atoms with van der Waals surface area (Å²) in [5, 5.41) is 17.6. The molecule has 7 heteroatoms. The number of rotatable bonds is 7. The van der Waals surface area contributed by atoms with Gasteiger partial charge in [-0.3, -0.25) is 5.43 Å². The van der Waals surface area contributed by atoms with Gasteiger partial charge in [0.2, 0.25) is 0 Å². The van der Waals surface area contributed by atoms with Crippen LogP contribution in [0.1, 0.15) is 18.9 Å². The molecule has 1 atom stereocenters. The maximum absolute atomic E-state index is 8.79. The van der Waals surface area contributed by atoms with Gasteiger partial charge in [0, 0.05) is 42.4 Å². The lowest BCUT2D eigenvalue weighted by Gasteiger charge is -2.13. The molecule has 6 nitrogen and oxygen atoms in total. The topological polar surface area (TPSA) is 74.4 Å². The van der Waals surface area contributed by atoms with Crippen LogP contribution in [-0.2, 0) is 11.3 Å². The lowest BCUT2D eigenvalue weighted by atomic mass is 10.2. The number of hydrogen-bond donors (Lipinski definition) is 2. The second-order valence-electron chi connectivity index (χ2n) is 5.40. The van der Waals surface area contributed by atoms with Crippen LogP contribution >= 0.6 is 12.2 Å². The molecule has 2 N–H and O–H groups in total. The number of aryl methyl sites for hydroxylation is 1. The van der Waals surface area contributed by atoms with E-state index in [0.29, 0.717) is 24.7 Å². The van der Waals surface area contributed by atoms with Gasteiger partial charge in [0.05, 0.1) is 25.3 Å². The van der Waals surface area contributed by atoms with Crippen LogP contribution in [0.2, 0.25) is 0 Å². The molecule has 1 aromatic heterocycles. The van der Waals surface area contributed by atoms with Gasteiger partial charge in [-0.2, -0.15) is 10.4 Å². The van der Waals surface area contributed by atoms with E-state index in [9.17, 15) is 0 Å². The van der Waals surface area contributed by atoms with Crippen LogP contribution in [0.15, 0.2) is 35.6 Å². The lowest BCUT2D eigenvalue weighted by molar-refractivity contribution is 0.179. The number of nitrogens with zero attached hydrogens (tertiary/aromatic N) is 3. The van der Waals surface area contributed by atoms with Crippen LogP contribution in [0, 0.1) is 11.3 Å². The summed E-state index contributed by atoms with van der Waals surface area (Å²) in [6, 6.07) is 10.3. The van der Waals surface area contributed by atoms with E-state index >= 15 is 0 Å². The zero-order chi connectivity index (χ0) is 17.4. The Morgan fingerprint density at radius 1 is 1.50 bits per heavy atom. The van der Waals surface area contributed by atoms with E-state index in [1.54, 1.807) is 13.3 Å². The van der Waals surface area contributed by atoms with E-state index in [4.69, 9.17) is 22.2 Å². The number of ether oxygens (including phenoxy) is 1. The monoisotopic (exact) mass is 343 g/mol. The molecule has 0 spiro atoms. The van der Waals surface area contributed by atoms with Crippen LogP contribution < -0.4 is 10.7 Å². The number of hydrogen-bond acceptors (Lipinski definition) is 4. The summed E-state index contributed by atoms with van der Waals surface area (Å²) < 4.78 is 7.11. The van der Waals surface area contributed by atoms with Gasteiger partial charge < -0.3 is 14.6 Å². The Kier molecular flexibility index (Phi) is 6.73. The van der Waals surface area contributed by atoms with Gasteiger partial charge in [0.15, 0.2) is 5.11 Å². The predicted octanol–water partition coefficient (Wildman–Crippen LogP) is 2.39. The van der Waals surface area contributed by atoms with E-state index in [1.165, 1.54) is 0 Å². The van der Waals surface area contributed by atoms with Crippen molar-refractivity contribution < 1.29 is 4.74 Å². The first-order valence-electron chi connectivity index (χ1n) is 7.69. The Balaban J connectivity index is 2.06. The van der Waals surface area contributed by atoms with Crippen molar-refractivity contribution in [2.75, 3.05) is 13.7 Å². The summed E-state index contributed by atoms with van der Waals surface area (Å²) in [5.41, 5.74) is 4.87. The minimum atomic E-state index is 0.109. The SMILES string of the molecule is COC[C@H](C)NC(=S)N/N=C\c1cn(CCC#N)c2ccccc12. The van der Waals surface area contributed by atoms with Crippen molar-refractivity contribution in [3.05, 3.63) is 36.0 Å². The minimum absolute atomic E-state index is 0.109. The Labute approximate surface area is 147 Å². The smallest absolute Gasteiger partial charge is 0.187 e.